The molecule has 2 aromatic rings. The number of benzene rings is 1. The summed E-state index contributed by atoms with van der Waals surface area (Å²) in [5, 5.41) is 4.60. The molecule has 2 rings (SSSR count). The standard InChI is InChI=1S/C15H21N3O/c1-11-14(15(3,4)19-16)12(2)18(17-11)10-13-8-6-5-7-9-13/h5-9H,10,16H2,1-4H3. The van der Waals surface area contributed by atoms with Crippen molar-refractivity contribution in [2.75, 3.05) is 0 Å². The van der Waals surface area contributed by atoms with Crippen LogP contribution in [0.3, 0.4) is 0 Å². The normalized spacial score (nSPS) is 11.8. The lowest BCUT2D eigenvalue weighted by molar-refractivity contribution is -0.0245. The second-order valence-corrected chi connectivity index (χ2v) is 5.32. The van der Waals surface area contributed by atoms with Crippen LogP contribution in [0.25, 0.3) is 0 Å². The smallest absolute Gasteiger partial charge is 0.112 e. The molecule has 0 spiro atoms. The summed E-state index contributed by atoms with van der Waals surface area (Å²) >= 11 is 0. The van der Waals surface area contributed by atoms with Gasteiger partial charge in [0.05, 0.1) is 12.2 Å². The summed E-state index contributed by atoms with van der Waals surface area (Å²) < 4.78 is 2.00. The third-order valence-electron chi connectivity index (χ3n) is 3.45. The molecule has 0 saturated heterocycles. The number of hydrogen-bond acceptors (Lipinski definition) is 3. The first-order valence-electron chi connectivity index (χ1n) is 6.42. The van der Waals surface area contributed by atoms with E-state index in [0.717, 1.165) is 23.5 Å². The van der Waals surface area contributed by atoms with Gasteiger partial charge in [-0.15, -0.1) is 0 Å². The van der Waals surface area contributed by atoms with E-state index in [4.69, 9.17) is 10.7 Å². The van der Waals surface area contributed by atoms with Crippen molar-refractivity contribution in [2.45, 2.75) is 39.8 Å². The lowest BCUT2D eigenvalue weighted by Gasteiger charge is -2.22. The van der Waals surface area contributed by atoms with Crippen LogP contribution in [0.5, 0.6) is 0 Å². The fourth-order valence-corrected chi connectivity index (χ4v) is 2.54. The number of nitrogens with two attached hydrogens (primary N) is 1. The van der Waals surface area contributed by atoms with E-state index in [1.54, 1.807) is 0 Å². The average molecular weight is 259 g/mol. The third-order valence-corrected chi connectivity index (χ3v) is 3.45. The summed E-state index contributed by atoms with van der Waals surface area (Å²) in [7, 11) is 0. The van der Waals surface area contributed by atoms with E-state index in [-0.39, 0.29) is 0 Å². The molecule has 0 bridgehead atoms. The predicted molar refractivity (Wildman–Crippen MR) is 75.5 cm³/mol. The number of aromatic nitrogens is 2. The maximum atomic E-state index is 5.40. The monoisotopic (exact) mass is 259 g/mol. The van der Waals surface area contributed by atoms with Gasteiger partial charge in [-0.2, -0.15) is 5.10 Å². The second-order valence-electron chi connectivity index (χ2n) is 5.32. The summed E-state index contributed by atoms with van der Waals surface area (Å²) in [4.78, 5) is 5.10. The molecule has 1 aromatic heterocycles. The van der Waals surface area contributed by atoms with Crippen LogP contribution in [0.15, 0.2) is 30.3 Å². The summed E-state index contributed by atoms with van der Waals surface area (Å²) in [5.41, 5.74) is 3.82. The molecule has 0 aliphatic heterocycles. The number of rotatable bonds is 4. The van der Waals surface area contributed by atoms with Gasteiger partial charge in [-0.1, -0.05) is 30.3 Å². The minimum absolute atomic E-state index is 0.525. The van der Waals surface area contributed by atoms with Gasteiger partial charge in [0.15, 0.2) is 0 Å². The van der Waals surface area contributed by atoms with Crippen molar-refractivity contribution in [3.05, 3.63) is 52.8 Å². The van der Waals surface area contributed by atoms with Gasteiger partial charge in [0.1, 0.15) is 5.60 Å². The lowest BCUT2D eigenvalue weighted by atomic mass is 9.96. The van der Waals surface area contributed by atoms with Crippen molar-refractivity contribution in [1.29, 1.82) is 0 Å². The van der Waals surface area contributed by atoms with Crippen LogP contribution in [0, 0.1) is 13.8 Å². The minimum Gasteiger partial charge on any atom is -0.294 e. The molecule has 19 heavy (non-hydrogen) atoms. The van der Waals surface area contributed by atoms with Crippen molar-refractivity contribution >= 4 is 0 Å². The van der Waals surface area contributed by atoms with Crippen LogP contribution >= 0.6 is 0 Å². The van der Waals surface area contributed by atoms with E-state index in [9.17, 15) is 0 Å². The molecule has 1 heterocycles. The van der Waals surface area contributed by atoms with Gasteiger partial charge in [-0.3, -0.25) is 9.52 Å². The Morgan fingerprint density at radius 3 is 2.42 bits per heavy atom. The van der Waals surface area contributed by atoms with Gasteiger partial charge < -0.3 is 0 Å². The Kier molecular flexibility index (Phi) is 3.73. The SMILES string of the molecule is Cc1nn(Cc2ccccc2)c(C)c1C(C)(C)ON. The van der Waals surface area contributed by atoms with Crippen molar-refractivity contribution in [3.63, 3.8) is 0 Å². The highest BCUT2D eigenvalue weighted by atomic mass is 16.6. The summed E-state index contributed by atoms with van der Waals surface area (Å²) in [6.45, 7) is 8.71. The molecule has 4 nitrogen and oxygen atoms in total. The van der Waals surface area contributed by atoms with Crippen LogP contribution < -0.4 is 5.90 Å². The Morgan fingerprint density at radius 2 is 1.84 bits per heavy atom. The summed E-state index contributed by atoms with van der Waals surface area (Å²) in [6, 6.07) is 10.3. The van der Waals surface area contributed by atoms with E-state index in [1.807, 2.05) is 43.7 Å². The molecular formula is C15H21N3O. The molecule has 0 atom stereocenters. The van der Waals surface area contributed by atoms with Crippen LogP contribution in [0.2, 0.25) is 0 Å². The zero-order valence-corrected chi connectivity index (χ0v) is 12.0. The van der Waals surface area contributed by atoms with Crippen LogP contribution in [-0.2, 0) is 17.0 Å². The van der Waals surface area contributed by atoms with Gasteiger partial charge in [0, 0.05) is 11.3 Å². The number of hydrogen-bond donors (Lipinski definition) is 1. The highest BCUT2D eigenvalue weighted by molar-refractivity contribution is 5.31. The molecule has 0 saturated carbocycles. The zero-order chi connectivity index (χ0) is 14.0. The first kappa shape index (κ1) is 13.8. The zero-order valence-electron chi connectivity index (χ0n) is 12.0. The second kappa shape index (κ2) is 5.15. The molecule has 0 fully saturated rings. The molecule has 4 heteroatoms. The maximum Gasteiger partial charge on any atom is 0.112 e. The van der Waals surface area contributed by atoms with E-state index >= 15 is 0 Å². The molecule has 102 valence electrons. The Morgan fingerprint density at radius 1 is 1.21 bits per heavy atom. The Labute approximate surface area is 114 Å². The lowest BCUT2D eigenvalue weighted by Crippen LogP contribution is -2.26. The average Bonchev–Trinajstić information content (AvgIpc) is 2.66. The maximum absolute atomic E-state index is 5.40. The molecule has 0 unspecified atom stereocenters. The largest absolute Gasteiger partial charge is 0.294 e. The van der Waals surface area contributed by atoms with Crippen LogP contribution in [0.4, 0.5) is 0 Å². The molecule has 0 aliphatic carbocycles. The molecule has 0 amide bonds. The van der Waals surface area contributed by atoms with Crippen molar-refractivity contribution in [1.82, 2.24) is 9.78 Å². The van der Waals surface area contributed by atoms with E-state index in [1.165, 1.54) is 5.56 Å². The minimum atomic E-state index is -0.525. The predicted octanol–water partition coefficient (Wildman–Crippen LogP) is 2.67. The fraction of sp³-hybridized carbons (Fsp3) is 0.400. The van der Waals surface area contributed by atoms with Crippen molar-refractivity contribution in [3.8, 4) is 0 Å². The van der Waals surface area contributed by atoms with Crippen molar-refractivity contribution in [2.24, 2.45) is 5.90 Å². The van der Waals surface area contributed by atoms with Gasteiger partial charge >= 0.3 is 0 Å². The van der Waals surface area contributed by atoms with E-state index in [0.29, 0.717) is 0 Å². The van der Waals surface area contributed by atoms with Gasteiger partial charge in [0.25, 0.3) is 0 Å². The van der Waals surface area contributed by atoms with Gasteiger partial charge in [0.2, 0.25) is 0 Å². The van der Waals surface area contributed by atoms with Crippen LogP contribution in [-0.4, -0.2) is 9.78 Å². The van der Waals surface area contributed by atoms with Gasteiger partial charge in [-0.05, 0) is 33.3 Å². The van der Waals surface area contributed by atoms with Crippen LogP contribution in [0.1, 0.15) is 36.4 Å². The summed E-state index contributed by atoms with van der Waals surface area (Å²) in [5.74, 6) is 5.40. The third kappa shape index (κ3) is 2.69. The fourth-order valence-electron chi connectivity index (χ4n) is 2.54. The molecule has 1 aromatic carbocycles. The first-order chi connectivity index (χ1) is 8.95. The topological polar surface area (TPSA) is 53.1 Å². The van der Waals surface area contributed by atoms with E-state index in [2.05, 4.69) is 24.2 Å². The summed E-state index contributed by atoms with van der Waals surface area (Å²) in [6.07, 6.45) is 0. The molecule has 0 aliphatic rings. The Hall–Kier alpha value is -1.65. The molecule has 2 N–H and O–H groups in total. The Balaban J connectivity index is 2.37. The highest BCUT2D eigenvalue weighted by Gasteiger charge is 2.28. The van der Waals surface area contributed by atoms with E-state index < -0.39 is 5.60 Å². The quantitative estimate of drug-likeness (QED) is 0.859. The Bertz CT molecular complexity index is 558. The van der Waals surface area contributed by atoms with Crippen molar-refractivity contribution < 1.29 is 4.84 Å². The molecule has 0 radical (unpaired) electrons. The first-order valence-corrected chi connectivity index (χ1v) is 6.42. The number of aryl methyl sites for hydroxylation is 1. The highest BCUT2D eigenvalue weighted by Crippen LogP contribution is 2.29. The molecular weight excluding hydrogens is 238 g/mol. The number of nitrogens with zero attached hydrogens (tertiary/aromatic N) is 2. The van der Waals surface area contributed by atoms with Gasteiger partial charge in [-0.25, -0.2) is 5.90 Å².